The minimum Gasteiger partial charge on any atom is -0.314 e. The van der Waals surface area contributed by atoms with Crippen molar-refractivity contribution in [3.63, 3.8) is 0 Å². The zero-order valence-electron chi connectivity index (χ0n) is 13.2. The van der Waals surface area contributed by atoms with Crippen LogP contribution in [0.5, 0.6) is 0 Å². The van der Waals surface area contributed by atoms with Crippen molar-refractivity contribution in [3.8, 4) is 0 Å². The van der Waals surface area contributed by atoms with Crippen molar-refractivity contribution in [1.29, 1.82) is 0 Å². The van der Waals surface area contributed by atoms with Crippen LogP contribution in [-0.2, 0) is 10.0 Å². The molecule has 0 bridgehead atoms. The van der Waals surface area contributed by atoms with Crippen LogP contribution in [0.3, 0.4) is 0 Å². The predicted octanol–water partition coefficient (Wildman–Crippen LogP) is 1.83. The van der Waals surface area contributed by atoms with E-state index in [0.29, 0.717) is 11.1 Å². The highest BCUT2D eigenvalue weighted by Gasteiger charge is 2.33. The molecule has 128 valence electrons. The minimum absolute atomic E-state index is 0.0115. The third-order valence-electron chi connectivity index (χ3n) is 4.78. The second-order valence-electron chi connectivity index (χ2n) is 6.32. The number of halogens is 1. The molecule has 1 saturated heterocycles. The fourth-order valence-corrected chi connectivity index (χ4v) is 5.01. The maximum atomic E-state index is 12.7. The van der Waals surface area contributed by atoms with Crippen LogP contribution < -0.4 is 10.0 Å². The lowest BCUT2D eigenvalue weighted by Crippen LogP contribution is -2.57. The molecule has 2 N–H and O–H groups in total. The number of hydrogen-bond donors (Lipinski definition) is 2. The van der Waals surface area contributed by atoms with Gasteiger partial charge in [0, 0.05) is 43.3 Å². The Bertz CT molecular complexity index is 615. The highest BCUT2D eigenvalue weighted by atomic mass is 35.5. The Morgan fingerprint density at radius 3 is 2.43 bits per heavy atom. The van der Waals surface area contributed by atoms with Gasteiger partial charge in [0.05, 0.1) is 4.90 Å². The molecule has 1 aromatic rings. The summed E-state index contributed by atoms with van der Waals surface area (Å²) >= 11 is 5.85. The Kier molecular flexibility index (Phi) is 5.59. The number of hydrogen-bond acceptors (Lipinski definition) is 4. The lowest BCUT2D eigenvalue weighted by Gasteiger charge is -2.42. The van der Waals surface area contributed by atoms with Crippen molar-refractivity contribution in [3.05, 3.63) is 29.3 Å². The van der Waals surface area contributed by atoms with Gasteiger partial charge in [0.2, 0.25) is 10.0 Å². The summed E-state index contributed by atoms with van der Waals surface area (Å²) < 4.78 is 28.3. The van der Waals surface area contributed by atoms with Crippen molar-refractivity contribution in [2.24, 2.45) is 0 Å². The number of nitrogens with one attached hydrogen (secondary N) is 2. The fraction of sp³-hybridized carbons (Fsp3) is 0.625. The summed E-state index contributed by atoms with van der Waals surface area (Å²) in [7, 11) is -3.50. The van der Waals surface area contributed by atoms with Crippen LogP contribution in [-0.4, -0.2) is 51.6 Å². The first-order valence-electron chi connectivity index (χ1n) is 8.29. The van der Waals surface area contributed by atoms with E-state index in [1.807, 2.05) is 0 Å². The van der Waals surface area contributed by atoms with Gasteiger partial charge in [-0.25, -0.2) is 13.1 Å². The molecule has 0 spiro atoms. The summed E-state index contributed by atoms with van der Waals surface area (Å²) in [6, 6.07) is 6.64. The van der Waals surface area contributed by atoms with E-state index >= 15 is 0 Å². The van der Waals surface area contributed by atoms with Crippen molar-refractivity contribution < 1.29 is 8.42 Å². The first-order chi connectivity index (χ1) is 11.1. The summed E-state index contributed by atoms with van der Waals surface area (Å²) in [6.07, 6.45) is 4.22. The molecule has 1 heterocycles. The maximum Gasteiger partial charge on any atom is 0.240 e. The van der Waals surface area contributed by atoms with E-state index < -0.39 is 10.0 Å². The summed E-state index contributed by atoms with van der Waals surface area (Å²) in [5, 5.41) is 3.90. The van der Waals surface area contributed by atoms with Crippen LogP contribution >= 0.6 is 11.6 Å². The van der Waals surface area contributed by atoms with Crippen molar-refractivity contribution in [2.45, 2.75) is 42.7 Å². The summed E-state index contributed by atoms with van der Waals surface area (Å²) in [5.41, 5.74) is 0. The second-order valence-corrected chi connectivity index (χ2v) is 8.47. The first-order valence-corrected chi connectivity index (χ1v) is 10.1. The molecule has 23 heavy (non-hydrogen) atoms. The topological polar surface area (TPSA) is 61.4 Å². The number of nitrogens with zero attached hydrogens (tertiary/aromatic N) is 1. The number of benzene rings is 1. The lowest BCUT2D eigenvalue weighted by molar-refractivity contribution is 0.116. The second kappa shape index (κ2) is 7.49. The van der Waals surface area contributed by atoms with Gasteiger partial charge in [0.25, 0.3) is 0 Å². The van der Waals surface area contributed by atoms with Gasteiger partial charge in [-0.15, -0.1) is 0 Å². The molecule has 1 aliphatic carbocycles. The molecule has 2 aliphatic rings. The van der Waals surface area contributed by atoms with Crippen molar-refractivity contribution >= 4 is 21.6 Å². The minimum atomic E-state index is -3.50. The van der Waals surface area contributed by atoms with E-state index in [4.69, 9.17) is 11.6 Å². The summed E-state index contributed by atoms with van der Waals surface area (Å²) in [5.74, 6) is 0. The molecular weight excluding hydrogens is 334 g/mol. The SMILES string of the molecule is O=S(=O)(N[C@H]1CCCC[C@@H]1N1CCNCC1)c1ccc(Cl)cc1. The van der Waals surface area contributed by atoms with E-state index in [2.05, 4.69) is 14.9 Å². The highest BCUT2D eigenvalue weighted by molar-refractivity contribution is 7.89. The standard InChI is InChI=1S/C16H24ClN3O2S/c17-13-5-7-14(8-6-13)23(21,22)19-15-3-1-2-4-16(15)20-11-9-18-10-12-20/h5-8,15-16,18-19H,1-4,9-12H2/t15-,16-/m0/s1. The van der Waals surface area contributed by atoms with Crippen LogP contribution in [0.1, 0.15) is 25.7 Å². The lowest BCUT2D eigenvalue weighted by atomic mass is 9.89. The van der Waals surface area contributed by atoms with Gasteiger partial charge in [0.15, 0.2) is 0 Å². The normalized spacial score (nSPS) is 27.0. The van der Waals surface area contributed by atoms with Crippen molar-refractivity contribution in [2.75, 3.05) is 26.2 Å². The van der Waals surface area contributed by atoms with E-state index in [0.717, 1.165) is 45.4 Å². The van der Waals surface area contributed by atoms with Gasteiger partial charge >= 0.3 is 0 Å². The van der Waals surface area contributed by atoms with E-state index in [9.17, 15) is 8.42 Å². The zero-order valence-corrected chi connectivity index (χ0v) is 14.7. The third kappa shape index (κ3) is 4.25. The van der Waals surface area contributed by atoms with Gasteiger partial charge in [-0.05, 0) is 37.1 Å². The Balaban J connectivity index is 1.74. The molecule has 5 nitrogen and oxygen atoms in total. The maximum absolute atomic E-state index is 12.7. The van der Waals surface area contributed by atoms with Crippen LogP contribution in [0.15, 0.2) is 29.2 Å². The third-order valence-corrected chi connectivity index (χ3v) is 6.54. The van der Waals surface area contributed by atoms with Gasteiger partial charge < -0.3 is 5.32 Å². The highest BCUT2D eigenvalue weighted by Crippen LogP contribution is 2.25. The quantitative estimate of drug-likeness (QED) is 0.863. The molecule has 0 radical (unpaired) electrons. The molecule has 1 saturated carbocycles. The molecule has 1 aliphatic heterocycles. The number of sulfonamides is 1. The Hall–Kier alpha value is -0.660. The van der Waals surface area contributed by atoms with Gasteiger partial charge in [-0.3, -0.25) is 4.90 Å². The summed E-state index contributed by atoms with van der Waals surface area (Å²) in [6.45, 7) is 3.94. The molecular formula is C16H24ClN3O2S. The van der Waals surface area contributed by atoms with E-state index in [-0.39, 0.29) is 10.9 Å². The fourth-order valence-electron chi connectivity index (χ4n) is 3.58. The van der Waals surface area contributed by atoms with Gasteiger partial charge in [-0.2, -0.15) is 0 Å². The zero-order chi connectivity index (χ0) is 16.3. The molecule has 0 aromatic heterocycles. The van der Waals surface area contributed by atoms with Gasteiger partial charge in [-0.1, -0.05) is 24.4 Å². The predicted molar refractivity (Wildman–Crippen MR) is 92.3 cm³/mol. The summed E-state index contributed by atoms with van der Waals surface area (Å²) in [4.78, 5) is 2.72. The van der Waals surface area contributed by atoms with Crippen LogP contribution in [0.25, 0.3) is 0 Å². The van der Waals surface area contributed by atoms with Crippen LogP contribution in [0.2, 0.25) is 5.02 Å². The number of piperazine rings is 1. The molecule has 0 unspecified atom stereocenters. The van der Waals surface area contributed by atoms with Crippen LogP contribution in [0.4, 0.5) is 0 Å². The van der Waals surface area contributed by atoms with Crippen molar-refractivity contribution in [1.82, 2.24) is 14.9 Å². The van der Waals surface area contributed by atoms with E-state index in [1.165, 1.54) is 6.42 Å². The average Bonchev–Trinajstić information content (AvgIpc) is 2.56. The molecule has 1 aromatic carbocycles. The monoisotopic (exact) mass is 357 g/mol. The Morgan fingerprint density at radius 2 is 1.74 bits per heavy atom. The Labute approximate surface area is 143 Å². The Morgan fingerprint density at radius 1 is 1.09 bits per heavy atom. The van der Waals surface area contributed by atoms with Gasteiger partial charge in [0.1, 0.15) is 0 Å². The first kappa shape index (κ1) is 17.2. The smallest absolute Gasteiger partial charge is 0.240 e. The average molecular weight is 358 g/mol. The molecule has 7 heteroatoms. The van der Waals surface area contributed by atoms with Crippen LogP contribution in [0, 0.1) is 0 Å². The molecule has 0 amide bonds. The molecule has 2 fully saturated rings. The number of rotatable bonds is 4. The molecule has 2 atom stereocenters. The largest absolute Gasteiger partial charge is 0.314 e. The molecule has 3 rings (SSSR count). The van der Waals surface area contributed by atoms with E-state index in [1.54, 1.807) is 24.3 Å².